The maximum atomic E-state index is 11.3. The van der Waals surface area contributed by atoms with Crippen LogP contribution < -0.4 is 0 Å². The van der Waals surface area contributed by atoms with Gasteiger partial charge in [-0.1, -0.05) is 20.3 Å². The second kappa shape index (κ2) is 3.79. The first-order valence-corrected chi connectivity index (χ1v) is 5.15. The molecule has 0 atom stereocenters. The molecule has 0 spiro atoms. The van der Waals surface area contributed by atoms with Gasteiger partial charge in [-0.25, -0.2) is 0 Å². The summed E-state index contributed by atoms with van der Waals surface area (Å²) in [5.41, 5.74) is -0.176. The van der Waals surface area contributed by atoms with Crippen molar-refractivity contribution < 1.29 is 4.79 Å². The number of nitrogens with zero attached hydrogens (tertiary/aromatic N) is 1. The van der Waals surface area contributed by atoms with Crippen molar-refractivity contribution in [3.8, 4) is 0 Å². The second-order valence-corrected chi connectivity index (χ2v) is 4.94. The molecule has 1 fully saturated rings. The van der Waals surface area contributed by atoms with Gasteiger partial charge in [-0.3, -0.25) is 4.79 Å². The first kappa shape index (κ1) is 10.7. The molecule has 1 saturated carbocycles. The highest BCUT2D eigenvalue weighted by Gasteiger charge is 2.30. The van der Waals surface area contributed by atoms with Crippen molar-refractivity contribution in [3.05, 3.63) is 0 Å². The number of carbonyl (C=O) groups is 1. The molecule has 2 heteroatoms. The summed E-state index contributed by atoms with van der Waals surface area (Å²) in [6.07, 6.45) is 3.98. The van der Waals surface area contributed by atoms with E-state index in [0.717, 1.165) is 12.6 Å². The van der Waals surface area contributed by atoms with Crippen molar-refractivity contribution in [1.29, 1.82) is 0 Å². The van der Waals surface area contributed by atoms with Crippen LogP contribution in [0.2, 0.25) is 0 Å². The molecule has 0 radical (unpaired) electrons. The van der Waals surface area contributed by atoms with E-state index in [-0.39, 0.29) is 5.41 Å². The van der Waals surface area contributed by atoms with Crippen LogP contribution in [-0.2, 0) is 4.79 Å². The van der Waals surface area contributed by atoms with Gasteiger partial charge in [0.15, 0.2) is 0 Å². The molecule has 0 unspecified atom stereocenters. The Hall–Kier alpha value is -0.370. The predicted molar refractivity (Wildman–Crippen MR) is 54.7 cm³/mol. The van der Waals surface area contributed by atoms with Crippen LogP contribution in [0.3, 0.4) is 0 Å². The molecule has 0 aromatic rings. The minimum atomic E-state index is -0.176. The van der Waals surface area contributed by atoms with Gasteiger partial charge in [0.25, 0.3) is 0 Å². The standard InChI is InChI=1S/C11H21NO/c1-9(13)11(2,3)8-12(4)10-6-5-7-10/h10H,5-8H2,1-4H3. The van der Waals surface area contributed by atoms with Crippen molar-refractivity contribution in [2.45, 2.75) is 46.1 Å². The van der Waals surface area contributed by atoms with Crippen LogP contribution in [0.5, 0.6) is 0 Å². The zero-order valence-electron chi connectivity index (χ0n) is 9.26. The highest BCUT2D eigenvalue weighted by molar-refractivity contribution is 5.81. The van der Waals surface area contributed by atoms with Gasteiger partial charge in [0.2, 0.25) is 0 Å². The van der Waals surface area contributed by atoms with Crippen molar-refractivity contribution in [2.24, 2.45) is 5.41 Å². The van der Waals surface area contributed by atoms with E-state index in [1.165, 1.54) is 19.3 Å². The monoisotopic (exact) mass is 183 g/mol. The Labute approximate surface area is 81.3 Å². The zero-order valence-corrected chi connectivity index (χ0v) is 9.26. The number of Topliss-reactive ketones (excluding diaryl/α,β-unsaturated/α-hetero) is 1. The fraction of sp³-hybridized carbons (Fsp3) is 0.909. The first-order chi connectivity index (χ1) is 5.93. The van der Waals surface area contributed by atoms with Gasteiger partial charge < -0.3 is 4.90 Å². The van der Waals surface area contributed by atoms with Gasteiger partial charge in [-0.15, -0.1) is 0 Å². The van der Waals surface area contributed by atoms with Crippen LogP contribution in [0.1, 0.15) is 40.0 Å². The molecule has 0 N–H and O–H groups in total. The van der Waals surface area contributed by atoms with Gasteiger partial charge in [-0.05, 0) is 26.8 Å². The summed E-state index contributed by atoms with van der Waals surface area (Å²) in [6, 6.07) is 0.735. The molecule has 0 amide bonds. The average molecular weight is 183 g/mol. The molecular weight excluding hydrogens is 162 g/mol. The first-order valence-electron chi connectivity index (χ1n) is 5.15. The Kier molecular flexibility index (Phi) is 3.12. The van der Waals surface area contributed by atoms with Crippen molar-refractivity contribution in [2.75, 3.05) is 13.6 Å². The lowest BCUT2D eigenvalue weighted by atomic mass is 9.85. The Balaban J connectivity index is 2.41. The van der Waals surface area contributed by atoms with E-state index >= 15 is 0 Å². The molecule has 0 bridgehead atoms. The van der Waals surface area contributed by atoms with Crippen LogP contribution >= 0.6 is 0 Å². The topological polar surface area (TPSA) is 20.3 Å². The van der Waals surface area contributed by atoms with E-state index < -0.39 is 0 Å². The quantitative estimate of drug-likeness (QED) is 0.665. The van der Waals surface area contributed by atoms with Gasteiger partial charge in [0, 0.05) is 18.0 Å². The fourth-order valence-corrected chi connectivity index (χ4v) is 1.69. The van der Waals surface area contributed by atoms with Gasteiger partial charge >= 0.3 is 0 Å². The van der Waals surface area contributed by atoms with Crippen molar-refractivity contribution in [1.82, 2.24) is 4.90 Å². The minimum absolute atomic E-state index is 0.176. The summed E-state index contributed by atoms with van der Waals surface area (Å²) in [5.74, 6) is 0.290. The molecule has 2 nitrogen and oxygen atoms in total. The molecule has 0 saturated heterocycles. The third-order valence-corrected chi connectivity index (χ3v) is 3.30. The minimum Gasteiger partial charge on any atom is -0.302 e. The largest absolute Gasteiger partial charge is 0.302 e. The lowest BCUT2D eigenvalue weighted by Gasteiger charge is -2.38. The highest BCUT2D eigenvalue weighted by Crippen LogP contribution is 2.27. The van der Waals surface area contributed by atoms with Gasteiger partial charge in [-0.2, -0.15) is 0 Å². The summed E-state index contributed by atoms with van der Waals surface area (Å²) in [4.78, 5) is 13.6. The third-order valence-electron chi connectivity index (χ3n) is 3.30. The van der Waals surface area contributed by atoms with Crippen LogP contribution in [0, 0.1) is 5.41 Å². The number of hydrogen-bond donors (Lipinski definition) is 0. The van der Waals surface area contributed by atoms with E-state index in [2.05, 4.69) is 11.9 Å². The van der Waals surface area contributed by atoms with Crippen LogP contribution in [0.25, 0.3) is 0 Å². The molecule has 0 aromatic carbocycles. The lowest BCUT2D eigenvalue weighted by Crippen LogP contribution is -2.44. The molecule has 76 valence electrons. The summed E-state index contributed by atoms with van der Waals surface area (Å²) < 4.78 is 0. The zero-order chi connectivity index (χ0) is 10.1. The predicted octanol–water partition coefficient (Wildman–Crippen LogP) is 2.09. The summed E-state index contributed by atoms with van der Waals surface area (Å²) in [6.45, 7) is 6.65. The normalized spacial score (nSPS) is 18.8. The second-order valence-electron chi connectivity index (χ2n) is 4.94. The van der Waals surface area contributed by atoms with Crippen LogP contribution in [0.15, 0.2) is 0 Å². The Morgan fingerprint density at radius 3 is 2.31 bits per heavy atom. The van der Waals surface area contributed by atoms with Crippen molar-refractivity contribution >= 4 is 5.78 Å². The summed E-state index contributed by atoms with van der Waals surface area (Å²) in [5, 5.41) is 0. The van der Waals surface area contributed by atoms with E-state index in [0.29, 0.717) is 5.78 Å². The molecular formula is C11H21NO. The van der Waals surface area contributed by atoms with Crippen LogP contribution in [0.4, 0.5) is 0 Å². The Morgan fingerprint density at radius 1 is 1.46 bits per heavy atom. The molecule has 1 rings (SSSR count). The molecule has 0 aromatic heterocycles. The molecule has 1 aliphatic carbocycles. The molecule has 0 aliphatic heterocycles. The molecule has 1 aliphatic rings. The lowest BCUT2D eigenvalue weighted by molar-refractivity contribution is -0.126. The maximum absolute atomic E-state index is 11.3. The van der Waals surface area contributed by atoms with Gasteiger partial charge in [0.1, 0.15) is 5.78 Å². The summed E-state index contributed by atoms with van der Waals surface area (Å²) >= 11 is 0. The number of carbonyl (C=O) groups excluding carboxylic acids is 1. The Bertz CT molecular complexity index is 194. The smallest absolute Gasteiger partial charge is 0.136 e. The maximum Gasteiger partial charge on any atom is 0.136 e. The third kappa shape index (κ3) is 2.53. The molecule has 0 heterocycles. The summed E-state index contributed by atoms with van der Waals surface area (Å²) in [7, 11) is 2.13. The van der Waals surface area contributed by atoms with Crippen molar-refractivity contribution in [3.63, 3.8) is 0 Å². The van der Waals surface area contributed by atoms with E-state index in [4.69, 9.17) is 0 Å². The molecule has 13 heavy (non-hydrogen) atoms. The highest BCUT2D eigenvalue weighted by atomic mass is 16.1. The number of ketones is 1. The van der Waals surface area contributed by atoms with Crippen LogP contribution in [-0.4, -0.2) is 30.3 Å². The fourth-order valence-electron chi connectivity index (χ4n) is 1.69. The average Bonchev–Trinajstić information content (AvgIpc) is 1.80. The number of hydrogen-bond acceptors (Lipinski definition) is 2. The van der Waals surface area contributed by atoms with E-state index in [1.807, 2.05) is 13.8 Å². The van der Waals surface area contributed by atoms with E-state index in [9.17, 15) is 4.79 Å². The van der Waals surface area contributed by atoms with E-state index in [1.54, 1.807) is 6.92 Å². The number of rotatable bonds is 4. The Morgan fingerprint density at radius 2 is 2.00 bits per heavy atom. The SMILES string of the molecule is CC(=O)C(C)(C)CN(C)C1CCC1. The van der Waals surface area contributed by atoms with Gasteiger partial charge in [0.05, 0.1) is 0 Å².